The van der Waals surface area contributed by atoms with Gasteiger partial charge >= 0.3 is 0 Å². The Hall–Kier alpha value is -1.35. The predicted molar refractivity (Wildman–Crippen MR) is 85.2 cm³/mol. The summed E-state index contributed by atoms with van der Waals surface area (Å²) in [6, 6.07) is 8.28. The lowest BCUT2D eigenvalue weighted by Gasteiger charge is -2.30. The van der Waals surface area contributed by atoms with Gasteiger partial charge in [-0.2, -0.15) is 5.10 Å². The van der Waals surface area contributed by atoms with E-state index in [1.807, 2.05) is 23.1 Å². The van der Waals surface area contributed by atoms with Crippen molar-refractivity contribution in [3.8, 4) is 0 Å². The number of hydrogen-bond donors (Lipinski definition) is 0. The highest BCUT2D eigenvalue weighted by Crippen LogP contribution is 2.48. The summed E-state index contributed by atoms with van der Waals surface area (Å²) in [7, 11) is 0. The van der Waals surface area contributed by atoms with Crippen LogP contribution < -0.4 is 0 Å². The monoisotopic (exact) mass is 303 g/mol. The van der Waals surface area contributed by atoms with Crippen LogP contribution in [0.3, 0.4) is 0 Å². The predicted octanol–water partition coefficient (Wildman–Crippen LogP) is 4.23. The average molecular weight is 304 g/mol. The molecule has 0 unspecified atom stereocenters. The van der Waals surface area contributed by atoms with Gasteiger partial charge in [0.2, 0.25) is 0 Å². The molecule has 2 atom stereocenters. The normalized spacial score (nSPS) is 24.3. The van der Waals surface area contributed by atoms with Gasteiger partial charge in [0.15, 0.2) is 0 Å². The third kappa shape index (κ3) is 3.29. The highest BCUT2D eigenvalue weighted by atomic mass is 35.5. The molecule has 0 N–H and O–H groups in total. The van der Waals surface area contributed by atoms with Gasteiger partial charge in [-0.1, -0.05) is 37.6 Å². The van der Waals surface area contributed by atoms with Gasteiger partial charge in [-0.3, -0.25) is 4.68 Å². The van der Waals surface area contributed by atoms with Crippen molar-refractivity contribution in [2.75, 3.05) is 0 Å². The minimum absolute atomic E-state index is 0.364. The molecule has 3 rings (SSSR count). The Morgan fingerprint density at radius 1 is 1.29 bits per heavy atom. The number of hydrogen-bond acceptors (Lipinski definition) is 2. The standard InChI is InChI=1S/C17H22ClN3/c1-17(2)8-7-14(9-13-3-5-15(18)6-4-13)16(17)10-21-12-19-11-20-21/h3-6,11-12,14,16H,7-10H2,1-2H3/t14-,16-/m0/s1. The van der Waals surface area contributed by atoms with E-state index in [1.54, 1.807) is 6.33 Å². The molecule has 21 heavy (non-hydrogen) atoms. The Balaban J connectivity index is 1.75. The summed E-state index contributed by atoms with van der Waals surface area (Å²) in [6.45, 7) is 5.73. The maximum atomic E-state index is 5.98. The molecule has 3 nitrogen and oxygen atoms in total. The molecule has 0 amide bonds. The molecule has 112 valence electrons. The first kappa shape index (κ1) is 14.6. The average Bonchev–Trinajstić information content (AvgIpc) is 3.05. The van der Waals surface area contributed by atoms with E-state index >= 15 is 0 Å². The van der Waals surface area contributed by atoms with E-state index < -0.39 is 0 Å². The fourth-order valence-corrected chi connectivity index (χ4v) is 3.80. The third-order valence-electron chi connectivity index (χ3n) is 4.99. The van der Waals surface area contributed by atoms with Crippen molar-refractivity contribution in [3.63, 3.8) is 0 Å². The van der Waals surface area contributed by atoms with Crippen molar-refractivity contribution in [2.45, 2.75) is 39.7 Å². The smallest absolute Gasteiger partial charge is 0.137 e. The molecule has 4 heteroatoms. The van der Waals surface area contributed by atoms with Crippen molar-refractivity contribution >= 4 is 11.6 Å². The first-order valence-electron chi connectivity index (χ1n) is 7.61. The van der Waals surface area contributed by atoms with Gasteiger partial charge < -0.3 is 0 Å². The summed E-state index contributed by atoms with van der Waals surface area (Å²) in [5, 5.41) is 5.10. The fourth-order valence-electron chi connectivity index (χ4n) is 3.67. The van der Waals surface area contributed by atoms with E-state index in [1.165, 1.54) is 18.4 Å². The van der Waals surface area contributed by atoms with Crippen molar-refractivity contribution < 1.29 is 0 Å². The molecule has 1 aromatic heterocycles. The van der Waals surface area contributed by atoms with Crippen LogP contribution in [0.2, 0.25) is 5.02 Å². The molecule has 1 heterocycles. The molecule has 0 bridgehead atoms. The lowest BCUT2D eigenvalue weighted by Crippen LogP contribution is -2.28. The summed E-state index contributed by atoms with van der Waals surface area (Å²) in [6.07, 6.45) is 7.14. The Labute approximate surface area is 131 Å². The Kier molecular flexibility index (Phi) is 4.03. The van der Waals surface area contributed by atoms with Crippen LogP contribution in [0.4, 0.5) is 0 Å². The molecule has 1 fully saturated rings. The zero-order chi connectivity index (χ0) is 14.9. The number of nitrogens with zero attached hydrogens (tertiary/aromatic N) is 3. The molecular weight excluding hydrogens is 282 g/mol. The van der Waals surface area contributed by atoms with E-state index in [0.29, 0.717) is 17.3 Å². The van der Waals surface area contributed by atoms with Gasteiger partial charge in [-0.05, 0) is 54.2 Å². The fraction of sp³-hybridized carbons (Fsp3) is 0.529. The van der Waals surface area contributed by atoms with Crippen LogP contribution in [-0.4, -0.2) is 14.8 Å². The van der Waals surface area contributed by atoms with Crippen LogP contribution >= 0.6 is 11.6 Å². The Morgan fingerprint density at radius 2 is 2.05 bits per heavy atom. The molecule has 1 aromatic carbocycles. The van der Waals surface area contributed by atoms with E-state index in [4.69, 9.17) is 11.6 Å². The van der Waals surface area contributed by atoms with Crippen LogP contribution in [-0.2, 0) is 13.0 Å². The summed E-state index contributed by atoms with van der Waals surface area (Å²) in [4.78, 5) is 4.07. The molecule has 0 radical (unpaired) electrons. The topological polar surface area (TPSA) is 30.7 Å². The summed E-state index contributed by atoms with van der Waals surface area (Å²) >= 11 is 5.98. The van der Waals surface area contributed by atoms with E-state index in [9.17, 15) is 0 Å². The van der Waals surface area contributed by atoms with Gasteiger partial charge in [0.25, 0.3) is 0 Å². The largest absolute Gasteiger partial charge is 0.253 e. The van der Waals surface area contributed by atoms with Crippen LogP contribution in [0.5, 0.6) is 0 Å². The molecule has 0 aliphatic heterocycles. The van der Waals surface area contributed by atoms with E-state index in [2.05, 4.69) is 36.1 Å². The first-order chi connectivity index (χ1) is 10.0. The molecule has 1 saturated carbocycles. The minimum Gasteiger partial charge on any atom is -0.253 e. The van der Waals surface area contributed by atoms with Crippen molar-refractivity contribution in [1.82, 2.24) is 14.8 Å². The summed E-state index contributed by atoms with van der Waals surface area (Å²) < 4.78 is 1.98. The first-order valence-corrected chi connectivity index (χ1v) is 7.99. The van der Waals surface area contributed by atoms with Crippen molar-refractivity contribution in [2.24, 2.45) is 17.3 Å². The van der Waals surface area contributed by atoms with Gasteiger partial charge in [-0.25, -0.2) is 4.98 Å². The van der Waals surface area contributed by atoms with Gasteiger partial charge in [-0.15, -0.1) is 0 Å². The second-order valence-electron chi connectivity index (χ2n) is 6.84. The number of rotatable bonds is 4. The maximum Gasteiger partial charge on any atom is 0.137 e. The summed E-state index contributed by atoms with van der Waals surface area (Å²) in [5.74, 6) is 1.33. The zero-order valence-electron chi connectivity index (χ0n) is 12.7. The van der Waals surface area contributed by atoms with E-state index in [-0.39, 0.29) is 0 Å². The second kappa shape index (κ2) is 5.80. The lowest BCUT2D eigenvalue weighted by atomic mass is 9.77. The van der Waals surface area contributed by atoms with Gasteiger partial charge in [0.1, 0.15) is 12.7 Å². The van der Waals surface area contributed by atoms with E-state index in [0.717, 1.165) is 18.0 Å². The second-order valence-corrected chi connectivity index (χ2v) is 7.28. The Morgan fingerprint density at radius 3 is 2.71 bits per heavy atom. The quantitative estimate of drug-likeness (QED) is 0.846. The minimum atomic E-state index is 0.364. The molecular formula is C17H22ClN3. The van der Waals surface area contributed by atoms with Crippen LogP contribution in [0.15, 0.2) is 36.9 Å². The molecule has 2 aromatic rings. The zero-order valence-corrected chi connectivity index (χ0v) is 13.4. The Bertz CT molecular complexity index is 575. The molecule has 1 aliphatic carbocycles. The molecule has 1 aliphatic rings. The highest BCUT2D eigenvalue weighted by molar-refractivity contribution is 6.30. The molecule has 0 spiro atoms. The van der Waals surface area contributed by atoms with Crippen LogP contribution in [0.25, 0.3) is 0 Å². The maximum absolute atomic E-state index is 5.98. The van der Waals surface area contributed by atoms with Gasteiger partial charge in [0, 0.05) is 11.6 Å². The number of benzene rings is 1. The van der Waals surface area contributed by atoms with Gasteiger partial charge in [0.05, 0.1) is 0 Å². The van der Waals surface area contributed by atoms with Crippen molar-refractivity contribution in [3.05, 3.63) is 47.5 Å². The van der Waals surface area contributed by atoms with Crippen molar-refractivity contribution in [1.29, 1.82) is 0 Å². The SMILES string of the molecule is CC1(C)CC[C@@H](Cc2ccc(Cl)cc2)[C@@H]1Cn1cncn1. The van der Waals surface area contributed by atoms with Crippen LogP contribution in [0.1, 0.15) is 32.3 Å². The number of halogens is 1. The third-order valence-corrected chi connectivity index (χ3v) is 5.25. The van der Waals surface area contributed by atoms with Crippen LogP contribution in [0, 0.1) is 17.3 Å². The summed E-state index contributed by atoms with van der Waals surface area (Å²) in [5.41, 5.74) is 1.74. The number of aromatic nitrogens is 3. The highest BCUT2D eigenvalue weighted by Gasteiger charge is 2.41. The molecule has 0 saturated heterocycles. The lowest BCUT2D eigenvalue weighted by molar-refractivity contribution is 0.183.